The van der Waals surface area contributed by atoms with Gasteiger partial charge in [-0.2, -0.15) is 15.0 Å². The summed E-state index contributed by atoms with van der Waals surface area (Å²) in [5.74, 6) is 2.03. The van der Waals surface area contributed by atoms with Crippen LogP contribution in [0.15, 0.2) is 24.3 Å². The summed E-state index contributed by atoms with van der Waals surface area (Å²) in [6.07, 6.45) is 3.14. The number of rotatable bonds is 6. The predicted octanol–water partition coefficient (Wildman–Crippen LogP) is 0.775. The van der Waals surface area contributed by atoms with E-state index in [0.717, 1.165) is 5.56 Å². The maximum absolute atomic E-state index is 12.2. The first-order valence-corrected chi connectivity index (χ1v) is 9.18. The van der Waals surface area contributed by atoms with E-state index in [-0.39, 0.29) is 25.3 Å². The van der Waals surface area contributed by atoms with Crippen LogP contribution in [0, 0.1) is 0 Å². The van der Waals surface area contributed by atoms with E-state index >= 15 is 0 Å². The second-order valence-electron chi connectivity index (χ2n) is 6.30. The van der Waals surface area contributed by atoms with Gasteiger partial charge in [0.1, 0.15) is 0 Å². The summed E-state index contributed by atoms with van der Waals surface area (Å²) in [6, 6.07) is 5.69. The minimum absolute atomic E-state index is 0.153. The molecule has 1 N–H and O–H groups in total. The molecule has 10 nitrogen and oxygen atoms in total. The fourth-order valence-electron chi connectivity index (χ4n) is 2.88. The minimum atomic E-state index is -0.269. The Morgan fingerprint density at radius 3 is 2.86 bits per heavy atom. The van der Waals surface area contributed by atoms with Crippen molar-refractivity contribution in [3.8, 4) is 17.5 Å². The molecule has 1 saturated heterocycles. The second-order valence-corrected chi connectivity index (χ2v) is 6.30. The number of hydrogen-bond donors (Lipinski definition) is 1. The monoisotopic (exact) mass is 399 g/mol. The molecule has 2 aliphatic heterocycles. The van der Waals surface area contributed by atoms with E-state index < -0.39 is 0 Å². The van der Waals surface area contributed by atoms with Crippen LogP contribution in [-0.4, -0.2) is 61.1 Å². The molecule has 4 rings (SSSR count). The summed E-state index contributed by atoms with van der Waals surface area (Å²) >= 11 is 0. The predicted molar refractivity (Wildman–Crippen MR) is 103 cm³/mol. The van der Waals surface area contributed by atoms with Crippen molar-refractivity contribution in [1.29, 1.82) is 0 Å². The van der Waals surface area contributed by atoms with Gasteiger partial charge < -0.3 is 29.2 Å². The third kappa shape index (κ3) is 4.72. The molecule has 3 heterocycles. The van der Waals surface area contributed by atoms with E-state index in [1.165, 1.54) is 13.2 Å². The van der Waals surface area contributed by atoms with E-state index in [1.54, 1.807) is 6.08 Å². The Morgan fingerprint density at radius 1 is 1.21 bits per heavy atom. The quantitative estimate of drug-likeness (QED) is 0.705. The van der Waals surface area contributed by atoms with Crippen molar-refractivity contribution in [3.63, 3.8) is 0 Å². The van der Waals surface area contributed by atoms with Crippen molar-refractivity contribution in [2.24, 2.45) is 0 Å². The largest absolute Gasteiger partial charge is 0.467 e. The van der Waals surface area contributed by atoms with Crippen LogP contribution in [0.1, 0.15) is 11.4 Å². The number of hydrogen-bond acceptors (Lipinski definition) is 9. The van der Waals surface area contributed by atoms with Gasteiger partial charge in [0.15, 0.2) is 17.3 Å². The summed E-state index contributed by atoms with van der Waals surface area (Å²) in [6.45, 7) is 2.98. The second kappa shape index (κ2) is 8.74. The molecule has 2 aromatic rings. The van der Waals surface area contributed by atoms with Gasteiger partial charge in [-0.25, -0.2) is 0 Å². The third-order valence-electron chi connectivity index (χ3n) is 4.37. The highest BCUT2D eigenvalue weighted by Crippen LogP contribution is 2.32. The van der Waals surface area contributed by atoms with Crippen LogP contribution in [-0.2, 0) is 16.1 Å². The Balaban J connectivity index is 1.38. The molecule has 0 spiro atoms. The highest BCUT2D eigenvalue weighted by Gasteiger charge is 2.17. The van der Waals surface area contributed by atoms with Gasteiger partial charge in [-0.15, -0.1) is 0 Å². The topological polar surface area (TPSA) is 108 Å². The smallest absolute Gasteiger partial charge is 0.321 e. The molecule has 0 radical (unpaired) electrons. The van der Waals surface area contributed by atoms with Gasteiger partial charge in [-0.05, 0) is 23.8 Å². The number of benzene rings is 1. The molecule has 1 fully saturated rings. The Bertz CT molecular complexity index is 914. The zero-order valence-electron chi connectivity index (χ0n) is 16.0. The summed E-state index contributed by atoms with van der Waals surface area (Å²) in [7, 11) is 1.49. The van der Waals surface area contributed by atoms with E-state index in [0.29, 0.717) is 49.6 Å². The van der Waals surface area contributed by atoms with Gasteiger partial charge in [0.05, 0.1) is 26.9 Å². The Kier molecular flexibility index (Phi) is 5.71. The molecule has 0 unspecified atom stereocenters. The number of carbonyl (C=O) groups excluding carboxylic acids is 1. The fraction of sp³-hybridized carbons (Fsp3) is 0.368. The van der Waals surface area contributed by atoms with Gasteiger partial charge in [-0.1, -0.05) is 6.07 Å². The molecule has 0 bridgehead atoms. The number of ether oxygens (including phenoxy) is 4. The fourth-order valence-corrected chi connectivity index (χ4v) is 2.88. The van der Waals surface area contributed by atoms with Crippen LogP contribution < -0.4 is 24.4 Å². The van der Waals surface area contributed by atoms with Gasteiger partial charge in [-0.3, -0.25) is 4.79 Å². The first kappa shape index (κ1) is 18.9. The molecule has 2 aliphatic rings. The molecule has 152 valence electrons. The number of nitrogens with zero attached hydrogens (tertiary/aromatic N) is 4. The van der Waals surface area contributed by atoms with Crippen LogP contribution in [0.3, 0.4) is 0 Å². The molecule has 1 aromatic heterocycles. The third-order valence-corrected chi connectivity index (χ3v) is 4.37. The van der Waals surface area contributed by atoms with Crippen LogP contribution in [0.25, 0.3) is 6.08 Å². The van der Waals surface area contributed by atoms with Crippen molar-refractivity contribution in [3.05, 3.63) is 35.7 Å². The zero-order chi connectivity index (χ0) is 20.1. The number of carbonyl (C=O) groups is 1. The van der Waals surface area contributed by atoms with Crippen molar-refractivity contribution < 1.29 is 23.7 Å². The van der Waals surface area contributed by atoms with Crippen LogP contribution in [0.4, 0.5) is 5.95 Å². The molecule has 0 aliphatic carbocycles. The number of aromatic nitrogens is 3. The van der Waals surface area contributed by atoms with E-state index in [4.69, 9.17) is 18.9 Å². The molecule has 29 heavy (non-hydrogen) atoms. The Hall–Kier alpha value is -3.40. The summed E-state index contributed by atoms with van der Waals surface area (Å²) in [5.41, 5.74) is 0.834. The lowest BCUT2D eigenvalue weighted by atomic mass is 10.2. The summed E-state index contributed by atoms with van der Waals surface area (Å²) in [5, 5.41) is 2.77. The van der Waals surface area contributed by atoms with Crippen molar-refractivity contribution in [2.75, 3.05) is 45.1 Å². The summed E-state index contributed by atoms with van der Waals surface area (Å²) < 4.78 is 21.1. The van der Waals surface area contributed by atoms with Gasteiger partial charge in [0.2, 0.25) is 18.6 Å². The molecular formula is C19H21N5O5. The van der Waals surface area contributed by atoms with E-state index in [2.05, 4.69) is 20.3 Å². The van der Waals surface area contributed by atoms with Crippen LogP contribution >= 0.6 is 0 Å². The highest BCUT2D eigenvalue weighted by molar-refractivity contribution is 5.91. The lowest BCUT2D eigenvalue weighted by Crippen LogP contribution is -2.37. The minimum Gasteiger partial charge on any atom is -0.467 e. The first-order chi connectivity index (χ1) is 14.2. The molecule has 0 atom stereocenters. The first-order valence-electron chi connectivity index (χ1n) is 9.18. The van der Waals surface area contributed by atoms with E-state index in [1.807, 2.05) is 23.1 Å². The van der Waals surface area contributed by atoms with Crippen LogP contribution in [0.2, 0.25) is 0 Å². The Labute approximate surface area is 167 Å². The standard InChI is InChI=1S/C19H21N5O5/c1-26-19-22-16(21-18(23-19)24-6-8-27-9-7-24)11-20-17(25)5-3-13-2-4-14-15(10-13)29-12-28-14/h2-5,10H,6-9,11-12H2,1H3,(H,20,25). The maximum Gasteiger partial charge on any atom is 0.321 e. The summed E-state index contributed by atoms with van der Waals surface area (Å²) in [4.78, 5) is 27.1. The van der Waals surface area contributed by atoms with Crippen molar-refractivity contribution in [1.82, 2.24) is 20.3 Å². The number of fused-ring (bicyclic) bond motifs is 1. The van der Waals surface area contributed by atoms with Crippen molar-refractivity contribution >= 4 is 17.9 Å². The van der Waals surface area contributed by atoms with Crippen molar-refractivity contribution in [2.45, 2.75) is 6.54 Å². The average molecular weight is 399 g/mol. The zero-order valence-corrected chi connectivity index (χ0v) is 16.0. The molecular weight excluding hydrogens is 378 g/mol. The Morgan fingerprint density at radius 2 is 2.03 bits per heavy atom. The molecule has 1 amide bonds. The lowest BCUT2D eigenvalue weighted by Gasteiger charge is -2.26. The lowest BCUT2D eigenvalue weighted by molar-refractivity contribution is -0.116. The SMILES string of the molecule is COc1nc(CNC(=O)C=Cc2ccc3c(c2)OCO3)nc(N2CCOCC2)n1. The number of methoxy groups -OCH3 is 1. The highest BCUT2D eigenvalue weighted by atomic mass is 16.7. The molecule has 1 aromatic carbocycles. The maximum atomic E-state index is 12.2. The van der Waals surface area contributed by atoms with Crippen LogP contribution in [0.5, 0.6) is 17.5 Å². The van der Waals surface area contributed by atoms with Gasteiger partial charge in [0.25, 0.3) is 0 Å². The normalized spacial score (nSPS) is 15.6. The molecule has 10 heteroatoms. The van der Waals surface area contributed by atoms with Gasteiger partial charge in [0, 0.05) is 19.2 Å². The molecule has 0 saturated carbocycles. The average Bonchev–Trinajstić information content (AvgIpc) is 3.24. The number of amides is 1. The number of morpholine rings is 1. The van der Waals surface area contributed by atoms with Gasteiger partial charge >= 0.3 is 6.01 Å². The van der Waals surface area contributed by atoms with E-state index in [9.17, 15) is 4.79 Å². The number of anilines is 1. The number of nitrogens with one attached hydrogen (secondary N) is 1.